The first-order valence-corrected chi connectivity index (χ1v) is 7.55. The fourth-order valence-electron chi connectivity index (χ4n) is 2.77. The monoisotopic (exact) mass is 266 g/mol. The molecule has 1 aliphatic carbocycles. The van der Waals surface area contributed by atoms with Gasteiger partial charge in [0.15, 0.2) is 0 Å². The van der Waals surface area contributed by atoms with Gasteiger partial charge < -0.3 is 4.90 Å². The number of hydrogen-bond donors (Lipinski definition) is 0. The zero-order chi connectivity index (χ0) is 14.3. The lowest BCUT2D eigenvalue weighted by Gasteiger charge is -2.25. The molecular weight excluding hydrogens is 236 g/mol. The first-order valence-electron chi connectivity index (χ1n) is 7.55. The van der Waals surface area contributed by atoms with Crippen molar-refractivity contribution in [2.24, 2.45) is 5.92 Å². The van der Waals surface area contributed by atoms with Gasteiger partial charge in [0, 0.05) is 14.1 Å². The molecule has 1 aliphatic rings. The van der Waals surface area contributed by atoms with E-state index >= 15 is 0 Å². The normalized spacial score (nSPS) is 19.0. The highest BCUT2D eigenvalue weighted by Gasteiger charge is 2.20. The van der Waals surface area contributed by atoms with Crippen LogP contribution in [0.3, 0.4) is 0 Å². The van der Waals surface area contributed by atoms with Crippen molar-refractivity contribution in [2.45, 2.75) is 51.0 Å². The quantitative estimate of drug-likeness (QED) is 0.690. The summed E-state index contributed by atoms with van der Waals surface area (Å²) in [6.07, 6.45) is 13.5. The van der Waals surface area contributed by atoms with Gasteiger partial charge in [-0.3, -0.25) is 9.69 Å². The predicted octanol–water partition coefficient (Wildman–Crippen LogP) is 2.92. The summed E-state index contributed by atoms with van der Waals surface area (Å²) in [5, 5.41) is 0. The molecule has 110 valence electrons. The van der Waals surface area contributed by atoms with E-state index in [0.29, 0.717) is 0 Å². The number of hydrogen-bond acceptors (Lipinski definition) is 2. The molecule has 3 nitrogen and oxygen atoms in total. The third-order valence-corrected chi connectivity index (χ3v) is 4.07. The van der Waals surface area contributed by atoms with Crippen molar-refractivity contribution in [3.05, 3.63) is 12.2 Å². The highest BCUT2D eigenvalue weighted by molar-refractivity contribution is 5.81. The lowest BCUT2D eigenvalue weighted by atomic mass is 9.87. The number of likely N-dealkylation sites (N-methyl/N-ethyl adjacent to an activating group) is 2. The Hall–Kier alpha value is -0.830. The number of rotatable bonds is 6. The van der Waals surface area contributed by atoms with Gasteiger partial charge in [0.25, 0.3) is 0 Å². The Balaban J connectivity index is 2.36. The smallest absolute Gasteiger partial charge is 0.239 e. The second kappa shape index (κ2) is 8.36. The third-order valence-electron chi connectivity index (χ3n) is 4.07. The van der Waals surface area contributed by atoms with E-state index in [0.717, 1.165) is 12.3 Å². The molecule has 0 aromatic rings. The minimum atomic E-state index is -0.0300. The van der Waals surface area contributed by atoms with Crippen LogP contribution in [0.5, 0.6) is 0 Å². The number of amides is 1. The van der Waals surface area contributed by atoms with E-state index in [4.69, 9.17) is 0 Å². The van der Waals surface area contributed by atoms with E-state index in [1.165, 1.54) is 38.5 Å². The van der Waals surface area contributed by atoms with Gasteiger partial charge in [-0.05, 0) is 32.9 Å². The molecular formula is C16H30N2O. The Labute approximate surface area is 118 Å². The zero-order valence-electron chi connectivity index (χ0n) is 13.1. The molecule has 0 saturated heterocycles. The van der Waals surface area contributed by atoms with Crippen molar-refractivity contribution >= 4 is 5.91 Å². The van der Waals surface area contributed by atoms with Gasteiger partial charge in [0.2, 0.25) is 5.91 Å². The Bertz CT molecular complexity index is 291. The molecule has 1 amide bonds. The van der Waals surface area contributed by atoms with Crippen LogP contribution in [-0.2, 0) is 4.79 Å². The Morgan fingerprint density at radius 3 is 2.26 bits per heavy atom. The molecule has 0 spiro atoms. The fourth-order valence-corrected chi connectivity index (χ4v) is 2.77. The van der Waals surface area contributed by atoms with Crippen molar-refractivity contribution in [1.82, 2.24) is 9.80 Å². The number of carbonyl (C=O) groups is 1. The third kappa shape index (κ3) is 5.77. The predicted molar refractivity (Wildman–Crippen MR) is 81.1 cm³/mol. The maximum absolute atomic E-state index is 12.0. The number of nitrogens with zero attached hydrogens (tertiary/aromatic N) is 2. The van der Waals surface area contributed by atoms with Gasteiger partial charge in [-0.25, -0.2) is 0 Å². The summed E-state index contributed by atoms with van der Waals surface area (Å²) in [4.78, 5) is 15.7. The molecule has 0 heterocycles. The summed E-state index contributed by atoms with van der Waals surface area (Å²) in [6, 6.07) is -0.0300. The second-order valence-electron chi connectivity index (χ2n) is 6.16. The van der Waals surface area contributed by atoms with Gasteiger partial charge in [0.05, 0.1) is 6.04 Å². The standard InChI is InChI=1S/C16H30N2O/c1-17(2)15(16(19)18(3)4)13-9-8-12-14-10-6-5-7-11-14/h8-9,14-15H,5-7,10-13H2,1-4H3. The molecule has 0 bridgehead atoms. The van der Waals surface area contributed by atoms with Crippen LogP contribution in [0.1, 0.15) is 44.9 Å². The summed E-state index contributed by atoms with van der Waals surface area (Å²) in [6.45, 7) is 0. The average Bonchev–Trinajstić information content (AvgIpc) is 2.38. The Morgan fingerprint density at radius 2 is 1.74 bits per heavy atom. The Morgan fingerprint density at radius 1 is 1.11 bits per heavy atom. The van der Waals surface area contributed by atoms with Crippen molar-refractivity contribution in [1.29, 1.82) is 0 Å². The molecule has 1 saturated carbocycles. The number of carbonyl (C=O) groups excluding carboxylic acids is 1. The van der Waals surface area contributed by atoms with Crippen LogP contribution in [-0.4, -0.2) is 49.9 Å². The topological polar surface area (TPSA) is 23.6 Å². The summed E-state index contributed by atoms with van der Waals surface area (Å²) >= 11 is 0. The van der Waals surface area contributed by atoms with Crippen LogP contribution in [0.4, 0.5) is 0 Å². The van der Waals surface area contributed by atoms with E-state index in [1.807, 2.05) is 33.1 Å². The van der Waals surface area contributed by atoms with E-state index in [-0.39, 0.29) is 11.9 Å². The first-order chi connectivity index (χ1) is 9.02. The lowest BCUT2D eigenvalue weighted by Crippen LogP contribution is -2.42. The van der Waals surface area contributed by atoms with E-state index in [9.17, 15) is 4.79 Å². The average molecular weight is 266 g/mol. The van der Waals surface area contributed by atoms with E-state index in [1.54, 1.807) is 4.90 Å². The molecule has 0 aromatic carbocycles. The SMILES string of the molecule is CN(C)C(=O)C(CC=CCC1CCCCC1)N(C)C. The fraction of sp³-hybridized carbons (Fsp3) is 0.812. The van der Waals surface area contributed by atoms with Crippen LogP contribution in [0.2, 0.25) is 0 Å². The van der Waals surface area contributed by atoms with Crippen molar-refractivity contribution in [2.75, 3.05) is 28.2 Å². The maximum atomic E-state index is 12.0. The molecule has 1 rings (SSSR count). The lowest BCUT2D eigenvalue weighted by molar-refractivity contribution is -0.133. The van der Waals surface area contributed by atoms with Gasteiger partial charge in [-0.1, -0.05) is 44.3 Å². The molecule has 1 fully saturated rings. The van der Waals surface area contributed by atoms with Gasteiger partial charge in [0.1, 0.15) is 0 Å². The molecule has 1 atom stereocenters. The van der Waals surface area contributed by atoms with Crippen molar-refractivity contribution in [3.63, 3.8) is 0 Å². The number of allylic oxidation sites excluding steroid dienone is 1. The van der Waals surface area contributed by atoms with E-state index in [2.05, 4.69) is 12.2 Å². The van der Waals surface area contributed by atoms with Gasteiger partial charge in [-0.2, -0.15) is 0 Å². The molecule has 0 aromatic heterocycles. The Kier molecular flexibility index (Phi) is 7.14. The molecule has 0 aliphatic heterocycles. The summed E-state index contributed by atoms with van der Waals surface area (Å²) < 4.78 is 0. The van der Waals surface area contributed by atoms with Crippen LogP contribution in [0.15, 0.2) is 12.2 Å². The van der Waals surface area contributed by atoms with E-state index < -0.39 is 0 Å². The highest BCUT2D eigenvalue weighted by atomic mass is 16.2. The van der Waals surface area contributed by atoms with Crippen molar-refractivity contribution in [3.8, 4) is 0 Å². The van der Waals surface area contributed by atoms with Crippen LogP contribution in [0.25, 0.3) is 0 Å². The first kappa shape index (κ1) is 16.2. The molecule has 1 unspecified atom stereocenters. The molecule has 0 radical (unpaired) electrons. The summed E-state index contributed by atoms with van der Waals surface area (Å²) in [5.74, 6) is 1.07. The maximum Gasteiger partial charge on any atom is 0.239 e. The molecule has 19 heavy (non-hydrogen) atoms. The minimum absolute atomic E-state index is 0.0300. The highest BCUT2D eigenvalue weighted by Crippen LogP contribution is 2.26. The molecule has 3 heteroatoms. The summed E-state index contributed by atoms with van der Waals surface area (Å²) in [7, 11) is 7.59. The van der Waals surface area contributed by atoms with Gasteiger partial charge >= 0.3 is 0 Å². The van der Waals surface area contributed by atoms with Crippen LogP contribution < -0.4 is 0 Å². The second-order valence-corrected chi connectivity index (χ2v) is 6.16. The van der Waals surface area contributed by atoms with Gasteiger partial charge in [-0.15, -0.1) is 0 Å². The summed E-state index contributed by atoms with van der Waals surface area (Å²) in [5.41, 5.74) is 0. The van der Waals surface area contributed by atoms with Crippen molar-refractivity contribution < 1.29 is 4.79 Å². The minimum Gasteiger partial charge on any atom is -0.347 e. The zero-order valence-corrected chi connectivity index (χ0v) is 13.1. The van der Waals surface area contributed by atoms with Crippen LogP contribution >= 0.6 is 0 Å². The van der Waals surface area contributed by atoms with Crippen LogP contribution in [0, 0.1) is 5.92 Å². The largest absolute Gasteiger partial charge is 0.347 e. The molecule has 0 N–H and O–H groups in total.